The summed E-state index contributed by atoms with van der Waals surface area (Å²) in [5.41, 5.74) is 4.03. The molecule has 1 N–H and O–H groups in total. The van der Waals surface area contributed by atoms with E-state index >= 15 is 0 Å². The molecule has 176 valence electrons. The van der Waals surface area contributed by atoms with Crippen molar-refractivity contribution >= 4 is 28.5 Å². The molecule has 11 heteroatoms. The predicted molar refractivity (Wildman–Crippen MR) is 133 cm³/mol. The first kappa shape index (κ1) is 22.5. The van der Waals surface area contributed by atoms with E-state index < -0.39 is 0 Å². The maximum Gasteiger partial charge on any atom is 0.332 e. The normalized spacial score (nSPS) is 12.3. The van der Waals surface area contributed by atoms with Crippen LogP contribution in [0.4, 0.5) is 0 Å². The van der Waals surface area contributed by atoms with Gasteiger partial charge in [-0.1, -0.05) is 41.9 Å². The third-order valence-electron chi connectivity index (χ3n) is 5.80. The van der Waals surface area contributed by atoms with E-state index in [9.17, 15) is 9.59 Å². The molecule has 3 aromatic heterocycles. The monoisotopic (exact) mass is 488 g/mol. The van der Waals surface area contributed by atoms with E-state index in [0.29, 0.717) is 22.7 Å². The zero-order valence-corrected chi connectivity index (χ0v) is 20.0. The highest BCUT2D eigenvalue weighted by Gasteiger charge is 2.21. The van der Waals surface area contributed by atoms with Crippen LogP contribution < -0.4 is 11.2 Å². The van der Waals surface area contributed by atoms with Crippen molar-refractivity contribution in [3.05, 3.63) is 103 Å². The Bertz CT molecular complexity index is 1710. The van der Waals surface area contributed by atoms with Crippen LogP contribution in [0.1, 0.15) is 22.8 Å². The molecule has 0 saturated carbocycles. The second kappa shape index (κ2) is 8.80. The number of aryl methyl sites for hydroxylation is 2. The average Bonchev–Trinajstić information content (AvgIpc) is 3.46. The summed E-state index contributed by atoms with van der Waals surface area (Å²) < 4.78 is 4.42. The molecular formula is C24H21ClN8O2. The van der Waals surface area contributed by atoms with Gasteiger partial charge in [-0.3, -0.25) is 23.5 Å². The van der Waals surface area contributed by atoms with E-state index in [-0.39, 0.29) is 11.2 Å². The summed E-state index contributed by atoms with van der Waals surface area (Å²) in [6.45, 7) is 2.44. The quantitative estimate of drug-likeness (QED) is 0.389. The minimum Gasteiger partial charge on any atom is -0.339 e. The maximum absolute atomic E-state index is 11.4. The van der Waals surface area contributed by atoms with Gasteiger partial charge in [-0.05, 0) is 25.1 Å². The third-order valence-corrected chi connectivity index (χ3v) is 6.04. The molecule has 10 nitrogen and oxygen atoms in total. The van der Waals surface area contributed by atoms with E-state index in [1.165, 1.54) is 17.9 Å². The van der Waals surface area contributed by atoms with Gasteiger partial charge in [0.1, 0.15) is 17.9 Å². The Kier molecular flexibility index (Phi) is 5.65. The number of H-pyrrole nitrogens is 1. The lowest BCUT2D eigenvalue weighted by Gasteiger charge is -2.12. The Balaban J connectivity index is 0.000000166. The van der Waals surface area contributed by atoms with Gasteiger partial charge < -0.3 is 4.98 Å². The van der Waals surface area contributed by atoms with Crippen molar-refractivity contribution in [2.24, 2.45) is 19.1 Å². The van der Waals surface area contributed by atoms with Crippen molar-refractivity contribution in [2.75, 3.05) is 0 Å². The highest BCUT2D eigenvalue weighted by molar-refractivity contribution is 6.31. The molecule has 1 aliphatic rings. The molecule has 35 heavy (non-hydrogen) atoms. The Morgan fingerprint density at radius 3 is 2.54 bits per heavy atom. The van der Waals surface area contributed by atoms with Crippen molar-refractivity contribution in [3.63, 3.8) is 0 Å². The number of nitrogens with one attached hydrogen (secondary N) is 1. The molecule has 0 bridgehead atoms. The second-order valence-electron chi connectivity index (χ2n) is 8.00. The largest absolute Gasteiger partial charge is 0.339 e. The first-order chi connectivity index (χ1) is 16.9. The van der Waals surface area contributed by atoms with Crippen LogP contribution >= 0.6 is 11.6 Å². The summed E-state index contributed by atoms with van der Waals surface area (Å²) in [6.07, 6.45) is 1.39. The molecular weight excluding hydrogens is 468 g/mol. The number of hydrogen-bond donors (Lipinski definition) is 1. The van der Waals surface area contributed by atoms with Crippen molar-refractivity contribution in [3.8, 4) is 5.69 Å². The molecule has 5 aromatic rings. The van der Waals surface area contributed by atoms with E-state index in [1.807, 2.05) is 47.9 Å². The van der Waals surface area contributed by atoms with Crippen molar-refractivity contribution in [1.29, 1.82) is 0 Å². The Labute approximate surface area is 204 Å². The number of aromatic amines is 1. The standard InChI is InChI=1S/C17H13ClN4.C7H8N4O2/c1-11-20-21-16-10-19-17(12-5-3-2-4-6-12)14-9-13(18)7-8-15(14)22(11)16;1-10-5-4(8-3-9-5)6(12)11(2)7(10)13/h2-9H,10H2,1H3;3H,1-2H3,(H,8,9). The summed E-state index contributed by atoms with van der Waals surface area (Å²) in [5, 5.41) is 9.10. The fourth-order valence-corrected chi connectivity index (χ4v) is 4.23. The molecule has 0 amide bonds. The van der Waals surface area contributed by atoms with Crippen LogP contribution in [0.25, 0.3) is 16.9 Å². The van der Waals surface area contributed by atoms with Crippen LogP contribution in [-0.4, -0.2) is 39.6 Å². The number of hydrogen-bond acceptors (Lipinski definition) is 6. The maximum atomic E-state index is 11.4. The molecule has 4 heterocycles. The number of fused-ring (bicyclic) bond motifs is 4. The zero-order chi connectivity index (χ0) is 24.7. The van der Waals surface area contributed by atoms with Crippen LogP contribution in [0, 0.1) is 6.92 Å². The van der Waals surface area contributed by atoms with Gasteiger partial charge in [-0.25, -0.2) is 9.78 Å². The molecule has 0 unspecified atom stereocenters. The number of halogens is 1. The minimum absolute atomic E-state index is 0.351. The Hall–Kier alpha value is -4.31. The van der Waals surface area contributed by atoms with Gasteiger partial charge in [-0.2, -0.15) is 0 Å². The van der Waals surface area contributed by atoms with Gasteiger partial charge in [0, 0.05) is 30.2 Å². The van der Waals surface area contributed by atoms with Gasteiger partial charge in [-0.15, -0.1) is 10.2 Å². The zero-order valence-electron chi connectivity index (χ0n) is 19.2. The van der Waals surface area contributed by atoms with E-state index in [0.717, 1.165) is 38.7 Å². The molecule has 0 spiro atoms. The highest BCUT2D eigenvalue weighted by Crippen LogP contribution is 2.27. The number of nitrogens with zero attached hydrogens (tertiary/aromatic N) is 7. The number of aliphatic imine (C=N–C) groups is 1. The number of rotatable bonds is 1. The first-order valence-corrected chi connectivity index (χ1v) is 11.1. The fraction of sp³-hybridized carbons (Fsp3) is 0.167. The summed E-state index contributed by atoms with van der Waals surface area (Å²) in [4.78, 5) is 34.1. The number of aromatic nitrogens is 7. The summed E-state index contributed by atoms with van der Waals surface area (Å²) >= 11 is 6.23. The molecule has 6 rings (SSSR count). The van der Waals surface area contributed by atoms with Crippen molar-refractivity contribution < 1.29 is 0 Å². The third kappa shape index (κ3) is 3.87. The minimum atomic E-state index is -0.371. The van der Waals surface area contributed by atoms with Crippen LogP contribution in [0.5, 0.6) is 0 Å². The van der Waals surface area contributed by atoms with E-state index in [4.69, 9.17) is 16.6 Å². The molecule has 0 saturated heterocycles. The molecule has 2 aromatic carbocycles. The van der Waals surface area contributed by atoms with E-state index in [1.54, 1.807) is 7.05 Å². The molecule has 0 fully saturated rings. The molecule has 1 aliphatic heterocycles. The smallest absolute Gasteiger partial charge is 0.332 e. The number of benzene rings is 2. The summed E-state index contributed by atoms with van der Waals surface area (Å²) in [6, 6.07) is 16.0. The lowest BCUT2D eigenvalue weighted by Crippen LogP contribution is -2.36. The van der Waals surface area contributed by atoms with Gasteiger partial charge in [0.15, 0.2) is 11.5 Å². The molecule has 0 radical (unpaired) electrons. The van der Waals surface area contributed by atoms with Gasteiger partial charge in [0.05, 0.1) is 17.7 Å². The van der Waals surface area contributed by atoms with Crippen LogP contribution in [-0.2, 0) is 20.6 Å². The average molecular weight is 489 g/mol. The summed E-state index contributed by atoms with van der Waals surface area (Å²) in [7, 11) is 3.01. The highest BCUT2D eigenvalue weighted by atomic mass is 35.5. The number of imidazole rings is 1. The Morgan fingerprint density at radius 1 is 1.00 bits per heavy atom. The fourth-order valence-electron chi connectivity index (χ4n) is 4.06. The van der Waals surface area contributed by atoms with Gasteiger partial charge in [0.25, 0.3) is 5.56 Å². The summed E-state index contributed by atoms with van der Waals surface area (Å²) in [5.74, 6) is 1.69. The Morgan fingerprint density at radius 2 is 1.77 bits per heavy atom. The van der Waals surface area contributed by atoms with Gasteiger partial charge in [0.2, 0.25) is 0 Å². The second-order valence-corrected chi connectivity index (χ2v) is 8.43. The molecule has 0 atom stereocenters. The van der Waals surface area contributed by atoms with Crippen LogP contribution in [0.3, 0.4) is 0 Å². The predicted octanol–water partition coefficient (Wildman–Crippen LogP) is 2.54. The SMILES string of the molecule is Cc1nnc2n1-c1ccc(Cl)cc1C(c1ccccc1)=NC2.Cn1c(=O)c2[nH]cnc2n(C)c1=O. The van der Waals surface area contributed by atoms with Crippen molar-refractivity contribution in [2.45, 2.75) is 13.5 Å². The van der Waals surface area contributed by atoms with Gasteiger partial charge >= 0.3 is 5.69 Å². The molecule has 0 aliphatic carbocycles. The lowest BCUT2D eigenvalue weighted by molar-refractivity contribution is 0.709. The van der Waals surface area contributed by atoms with Crippen molar-refractivity contribution in [1.82, 2.24) is 33.9 Å². The lowest BCUT2D eigenvalue weighted by atomic mass is 10.0. The van der Waals surface area contributed by atoms with E-state index in [2.05, 4.69) is 32.3 Å². The topological polar surface area (TPSA) is 116 Å². The van der Waals surface area contributed by atoms with Crippen LogP contribution in [0.2, 0.25) is 5.02 Å². The van der Waals surface area contributed by atoms with Crippen LogP contribution in [0.15, 0.2) is 69.4 Å². The first-order valence-electron chi connectivity index (χ1n) is 10.8.